The summed E-state index contributed by atoms with van der Waals surface area (Å²) in [6.07, 6.45) is 6.06. The second kappa shape index (κ2) is 9.35. The predicted octanol–water partition coefficient (Wildman–Crippen LogP) is 5.30. The second-order valence-corrected chi connectivity index (χ2v) is 7.37. The Balaban J connectivity index is 2.11. The fourth-order valence-electron chi connectivity index (χ4n) is 3.61. The average molecular weight is 406 g/mol. The molecule has 0 atom stereocenters. The maximum Gasteiger partial charge on any atom is 0.337 e. The van der Waals surface area contributed by atoms with Gasteiger partial charge in [-0.05, 0) is 55.7 Å². The lowest BCUT2D eigenvalue weighted by Crippen LogP contribution is -2.25. The number of hydrogen-bond donors (Lipinski definition) is 1. The van der Waals surface area contributed by atoms with Crippen molar-refractivity contribution in [1.82, 2.24) is 9.13 Å². The summed E-state index contributed by atoms with van der Waals surface area (Å²) in [4.78, 5) is 11.4. The number of carboxylic acids is 1. The Morgan fingerprint density at radius 1 is 1.07 bits per heavy atom. The number of aromatic nitrogens is 2. The molecule has 1 aromatic heterocycles. The van der Waals surface area contributed by atoms with Gasteiger partial charge in [-0.1, -0.05) is 48.3 Å². The van der Waals surface area contributed by atoms with Gasteiger partial charge in [0.15, 0.2) is 0 Å². The van der Waals surface area contributed by atoms with Crippen LogP contribution in [0.15, 0.2) is 64.2 Å². The molecule has 1 heterocycles. The van der Waals surface area contributed by atoms with Gasteiger partial charge in [-0.15, -0.1) is 5.11 Å². The summed E-state index contributed by atoms with van der Waals surface area (Å²) in [5, 5.41) is 21.8. The lowest BCUT2D eigenvalue weighted by atomic mass is 10.1. The van der Waals surface area contributed by atoms with Crippen LogP contribution in [0, 0.1) is 20.8 Å². The molecule has 2 aromatic carbocycles. The van der Waals surface area contributed by atoms with Crippen molar-refractivity contribution in [3.8, 4) is 5.69 Å². The van der Waals surface area contributed by atoms with Crippen molar-refractivity contribution in [2.45, 2.75) is 47.1 Å². The molecule has 0 spiro atoms. The van der Waals surface area contributed by atoms with E-state index in [0.717, 1.165) is 36.2 Å². The first-order chi connectivity index (χ1) is 14.4. The minimum absolute atomic E-state index is 0.0934. The minimum atomic E-state index is -1.04. The average Bonchev–Trinajstić information content (AvgIpc) is 3.08. The number of carboxylic acid groups (broad SMARTS) is 1. The highest BCUT2D eigenvalue weighted by Crippen LogP contribution is 2.20. The third kappa shape index (κ3) is 4.56. The normalized spacial score (nSPS) is 12.1. The van der Waals surface area contributed by atoms with E-state index in [2.05, 4.69) is 55.3 Å². The number of rotatable bonds is 7. The second-order valence-electron chi connectivity index (χ2n) is 7.37. The van der Waals surface area contributed by atoms with E-state index < -0.39 is 5.97 Å². The van der Waals surface area contributed by atoms with Crippen LogP contribution in [0.4, 0.5) is 5.69 Å². The lowest BCUT2D eigenvalue weighted by molar-refractivity contribution is 0.0697. The van der Waals surface area contributed by atoms with Crippen LogP contribution in [-0.4, -0.2) is 20.2 Å². The van der Waals surface area contributed by atoms with E-state index in [-0.39, 0.29) is 11.3 Å². The summed E-state index contributed by atoms with van der Waals surface area (Å²) in [5.41, 5.74) is 5.59. The predicted molar refractivity (Wildman–Crippen MR) is 116 cm³/mol. The number of aromatic carboxylic acids is 1. The fourth-order valence-corrected chi connectivity index (χ4v) is 3.61. The molecule has 7 nitrogen and oxygen atoms in total. The molecular weight excluding hydrogens is 378 g/mol. The van der Waals surface area contributed by atoms with Crippen LogP contribution in [0.1, 0.15) is 46.8 Å². The third-order valence-corrected chi connectivity index (χ3v) is 4.92. The van der Waals surface area contributed by atoms with Crippen molar-refractivity contribution in [2.24, 2.45) is 15.4 Å². The summed E-state index contributed by atoms with van der Waals surface area (Å²) < 4.78 is 4.06. The highest BCUT2D eigenvalue weighted by molar-refractivity contribution is 5.93. The van der Waals surface area contributed by atoms with Crippen molar-refractivity contribution in [3.05, 3.63) is 76.7 Å². The topological polar surface area (TPSA) is 84.2 Å². The van der Waals surface area contributed by atoms with Crippen LogP contribution in [0.2, 0.25) is 0 Å². The fraction of sp³-hybridized carbons (Fsp3) is 0.304. The number of hydrogen-bond acceptors (Lipinski definition) is 3. The van der Waals surface area contributed by atoms with Gasteiger partial charge in [0.2, 0.25) is 5.62 Å². The van der Waals surface area contributed by atoms with E-state index in [1.807, 2.05) is 21.5 Å². The molecule has 30 heavy (non-hydrogen) atoms. The van der Waals surface area contributed by atoms with E-state index in [9.17, 15) is 9.90 Å². The Morgan fingerprint density at radius 3 is 2.43 bits per heavy atom. The zero-order valence-electron chi connectivity index (χ0n) is 17.8. The molecule has 156 valence electrons. The Kier molecular flexibility index (Phi) is 6.61. The number of imidazole rings is 1. The van der Waals surface area contributed by atoms with E-state index in [0.29, 0.717) is 5.62 Å². The number of nitrogens with zero attached hydrogens (tertiary/aromatic N) is 5. The summed E-state index contributed by atoms with van der Waals surface area (Å²) in [7, 11) is 0. The van der Waals surface area contributed by atoms with E-state index >= 15 is 0 Å². The first-order valence-corrected chi connectivity index (χ1v) is 10.1. The maximum absolute atomic E-state index is 11.4. The first kappa shape index (κ1) is 21.2. The third-order valence-electron chi connectivity index (χ3n) is 4.92. The molecule has 0 unspecified atom stereocenters. The zero-order chi connectivity index (χ0) is 21.7. The highest BCUT2D eigenvalue weighted by Gasteiger charge is 2.11. The summed E-state index contributed by atoms with van der Waals surface area (Å²) in [5.74, 6) is -1.04. The molecule has 0 aliphatic rings. The van der Waals surface area contributed by atoms with Crippen molar-refractivity contribution in [2.75, 3.05) is 0 Å². The number of carbonyl (C=O) groups is 1. The lowest BCUT2D eigenvalue weighted by Gasteiger charge is -2.12. The molecule has 1 N–H and O–H groups in total. The Labute approximate surface area is 176 Å². The molecule has 3 rings (SSSR count). The molecule has 0 aliphatic carbocycles. The van der Waals surface area contributed by atoms with Crippen LogP contribution in [-0.2, 0) is 6.54 Å². The maximum atomic E-state index is 11.4. The number of unbranched alkanes of at least 4 members (excludes halogenated alkanes) is 1. The van der Waals surface area contributed by atoms with Crippen LogP contribution in [0.5, 0.6) is 0 Å². The molecule has 0 saturated heterocycles. The molecule has 3 aromatic rings. The number of aryl methyl sites for hydroxylation is 4. The molecule has 0 aliphatic heterocycles. The minimum Gasteiger partial charge on any atom is -0.478 e. The smallest absolute Gasteiger partial charge is 0.337 e. The largest absolute Gasteiger partial charge is 0.478 e. The van der Waals surface area contributed by atoms with Crippen molar-refractivity contribution in [3.63, 3.8) is 0 Å². The number of benzene rings is 2. The summed E-state index contributed by atoms with van der Waals surface area (Å²) in [6, 6.07) is 10.8. The summed E-state index contributed by atoms with van der Waals surface area (Å²) >= 11 is 0. The van der Waals surface area contributed by atoms with Crippen molar-refractivity contribution < 1.29 is 9.90 Å². The van der Waals surface area contributed by atoms with Gasteiger partial charge < -0.3 is 9.67 Å². The highest BCUT2D eigenvalue weighted by atomic mass is 16.4. The van der Waals surface area contributed by atoms with Crippen LogP contribution < -0.4 is 5.62 Å². The monoisotopic (exact) mass is 405 g/mol. The van der Waals surface area contributed by atoms with Gasteiger partial charge in [0.1, 0.15) is 5.69 Å². The van der Waals surface area contributed by atoms with Gasteiger partial charge in [-0.2, -0.15) is 0 Å². The Bertz CT molecular complexity index is 1130. The zero-order valence-corrected chi connectivity index (χ0v) is 17.8. The SMILES string of the molecule is CCCCn1ccn(-c2c(C)cc(C)cc2C)/c1=N\N=Nc1ccccc1C(=O)O. The Hall–Kier alpha value is -3.48. The summed E-state index contributed by atoms with van der Waals surface area (Å²) in [6.45, 7) is 9.21. The molecule has 0 radical (unpaired) electrons. The van der Waals surface area contributed by atoms with Crippen LogP contribution >= 0.6 is 0 Å². The van der Waals surface area contributed by atoms with Crippen molar-refractivity contribution in [1.29, 1.82) is 0 Å². The van der Waals surface area contributed by atoms with Gasteiger partial charge in [0, 0.05) is 18.9 Å². The van der Waals surface area contributed by atoms with E-state index in [1.165, 1.54) is 11.6 Å². The molecular formula is C23H27N5O2. The van der Waals surface area contributed by atoms with Gasteiger partial charge in [-0.25, -0.2) is 4.79 Å². The Morgan fingerprint density at radius 2 is 1.77 bits per heavy atom. The molecule has 7 heteroatoms. The molecule has 0 fully saturated rings. The molecule has 0 amide bonds. The van der Waals surface area contributed by atoms with Gasteiger partial charge in [-0.3, -0.25) is 4.57 Å². The van der Waals surface area contributed by atoms with Crippen molar-refractivity contribution >= 4 is 11.7 Å². The van der Waals surface area contributed by atoms with Crippen LogP contribution in [0.25, 0.3) is 5.69 Å². The molecule has 0 bridgehead atoms. The van der Waals surface area contributed by atoms with Crippen LogP contribution in [0.3, 0.4) is 0 Å². The quantitative estimate of drug-likeness (QED) is 0.427. The first-order valence-electron chi connectivity index (χ1n) is 10.1. The van der Waals surface area contributed by atoms with Gasteiger partial charge in [0.25, 0.3) is 0 Å². The molecule has 0 saturated carbocycles. The van der Waals surface area contributed by atoms with E-state index in [1.54, 1.807) is 18.2 Å². The van der Waals surface area contributed by atoms with E-state index in [4.69, 9.17) is 0 Å². The van der Waals surface area contributed by atoms with Gasteiger partial charge >= 0.3 is 5.97 Å². The standard InChI is InChI=1S/C23H27N5O2/c1-5-6-11-27-12-13-28(21-17(3)14-16(2)15-18(21)4)23(27)25-26-24-20-10-8-7-9-19(20)22(29)30/h7-10,12-15H,5-6,11H2,1-4H3,(H,29,30)/b25-23-,26-24?. The van der Waals surface area contributed by atoms with Gasteiger partial charge in [0.05, 0.1) is 11.3 Å².